The Hall–Kier alpha value is -1.72. The first-order chi connectivity index (χ1) is 9.98. The number of hydrogen-bond donors (Lipinski definition) is 1. The van der Waals surface area contributed by atoms with E-state index >= 15 is 0 Å². The molecule has 5 nitrogen and oxygen atoms in total. The molecule has 0 amide bonds. The first-order valence-electron chi connectivity index (χ1n) is 7.18. The monoisotopic (exact) mass is 287 g/mol. The molecule has 2 aromatic rings. The van der Waals surface area contributed by atoms with Crippen molar-refractivity contribution in [3.05, 3.63) is 30.7 Å². The minimum absolute atomic E-state index is 0.0435. The van der Waals surface area contributed by atoms with Gasteiger partial charge in [0.05, 0.1) is 24.9 Å². The van der Waals surface area contributed by atoms with Crippen LogP contribution in [0.2, 0.25) is 0 Å². The maximum atomic E-state index is 5.77. The zero-order valence-electron chi connectivity index (χ0n) is 12.7. The van der Waals surface area contributed by atoms with E-state index in [0.29, 0.717) is 13.2 Å². The standard InChI is InChI=1S/C16H21N3O2/c1-15(2)20-10-16(3,11-21-15)9-19-13-5-7-18-14-8-17-6-4-12(13)14/h4-8H,9-11H2,1-3H3,(H,18,19). The van der Waals surface area contributed by atoms with Crippen LogP contribution in [0.15, 0.2) is 30.7 Å². The van der Waals surface area contributed by atoms with Gasteiger partial charge in [-0.3, -0.25) is 9.97 Å². The Morgan fingerprint density at radius 2 is 1.90 bits per heavy atom. The molecule has 1 aliphatic rings. The average molecular weight is 287 g/mol. The first kappa shape index (κ1) is 14.2. The predicted molar refractivity (Wildman–Crippen MR) is 82.1 cm³/mol. The summed E-state index contributed by atoms with van der Waals surface area (Å²) in [6, 6.07) is 3.96. The quantitative estimate of drug-likeness (QED) is 0.940. The second-order valence-electron chi connectivity index (χ2n) is 6.39. The molecule has 0 radical (unpaired) electrons. The van der Waals surface area contributed by atoms with Gasteiger partial charge in [-0.05, 0) is 26.0 Å². The molecule has 21 heavy (non-hydrogen) atoms. The van der Waals surface area contributed by atoms with Gasteiger partial charge < -0.3 is 14.8 Å². The zero-order chi connectivity index (χ0) is 14.9. The molecular formula is C16H21N3O2. The number of nitrogens with one attached hydrogen (secondary N) is 1. The van der Waals surface area contributed by atoms with Crippen LogP contribution in [-0.4, -0.2) is 35.5 Å². The molecule has 3 rings (SSSR count). The number of fused-ring (bicyclic) bond motifs is 1. The van der Waals surface area contributed by atoms with Gasteiger partial charge in [-0.2, -0.15) is 0 Å². The van der Waals surface area contributed by atoms with E-state index < -0.39 is 5.79 Å². The lowest BCUT2D eigenvalue weighted by Crippen LogP contribution is -2.48. The van der Waals surface area contributed by atoms with Gasteiger partial charge in [0.25, 0.3) is 0 Å². The maximum absolute atomic E-state index is 5.77. The summed E-state index contributed by atoms with van der Waals surface area (Å²) in [6.45, 7) is 8.20. The number of anilines is 1. The van der Waals surface area contributed by atoms with Crippen molar-refractivity contribution in [3.63, 3.8) is 0 Å². The molecule has 2 aromatic heterocycles. The van der Waals surface area contributed by atoms with E-state index in [1.54, 1.807) is 18.6 Å². The number of ether oxygens (including phenoxy) is 2. The van der Waals surface area contributed by atoms with Crippen molar-refractivity contribution in [2.24, 2.45) is 5.41 Å². The Morgan fingerprint density at radius 3 is 2.67 bits per heavy atom. The highest BCUT2D eigenvalue weighted by molar-refractivity contribution is 5.90. The van der Waals surface area contributed by atoms with E-state index in [1.165, 1.54) is 0 Å². The molecule has 0 unspecified atom stereocenters. The minimum atomic E-state index is -0.478. The summed E-state index contributed by atoms with van der Waals surface area (Å²) in [5.41, 5.74) is 1.91. The van der Waals surface area contributed by atoms with Gasteiger partial charge in [0.2, 0.25) is 0 Å². The van der Waals surface area contributed by atoms with Gasteiger partial charge in [0.15, 0.2) is 5.79 Å². The van der Waals surface area contributed by atoms with Crippen molar-refractivity contribution < 1.29 is 9.47 Å². The lowest BCUT2D eigenvalue weighted by molar-refractivity contribution is -0.279. The fraction of sp³-hybridized carbons (Fsp3) is 0.500. The van der Waals surface area contributed by atoms with E-state index in [1.807, 2.05) is 26.0 Å². The molecular weight excluding hydrogens is 266 g/mol. The van der Waals surface area contributed by atoms with Gasteiger partial charge in [0, 0.05) is 35.4 Å². The summed E-state index contributed by atoms with van der Waals surface area (Å²) in [4.78, 5) is 8.42. The van der Waals surface area contributed by atoms with Crippen molar-refractivity contribution in [2.45, 2.75) is 26.6 Å². The minimum Gasteiger partial charge on any atom is -0.384 e. The van der Waals surface area contributed by atoms with E-state index in [4.69, 9.17) is 9.47 Å². The highest BCUT2D eigenvalue weighted by atomic mass is 16.7. The van der Waals surface area contributed by atoms with Crippen LogP contribution in [0.3, 0.4) is 0 Å². The van der Waals surface area contributed by atoms with Gasteiger partial charge in [-0.25, -0.2) is 0 Å². The topological polar surface area (TPSA) is 56.3 Å². The third-order valence-corrected chi connectivity index (χ3v) is 3.79. The Kier molecular flexibility index (Phi) is 3.55. The largest absolute Gasteiger partial charge is 0.384 e. The maximum Gasteiger partial charge on any atom is 0.162 e. The summed E-state index contributed by atoms with van der Waals surface area (Å²) in [5.74, 6) is -0.478. The smallest absolute Gasteiger partial charge is 0.162 e. The summed E-state index contributed by atoms with van der Waals surface area (Å²) < 4.78 is 11.5. The van der Waals surface area contributed by atoms with E-state index in [2.05, 4.69) is 22.2 Å². The molecule has 0 spiro atoms. The molecule has 0 atom stereocenters. The van der Waals surface area contributed by atoms with Crippen LogP contribution in [0.25, 0.3) is 10.9 Å². The normalized spacial score (nSPS) is 20.3. The summed E-state index contributed by atoms with van der Waals surface area (Å²) in [7, 11) is 0. The highest BCUT2D eigenvalue weighted by Crippen LogP contribution is 2.30. The summed E-state index contributed by atoms with van der Waals surface area (Å²) in [5, 5.41) is 4.58. The van der Waals surface area contributed by atoms with Crippen LogP contribution in [0, 0.1) is 5.41 Å². The highest BCUT2D eigenvalue weighted by Gasteiger charge is 2.36. The van der Waals surface area contributed by atoms with E-state index in [-0.39, 0.29) is 5.41 Å². The van der Waals surface area contributed by atoms with Gasteiger partial charge >= 0.3 is 0 Å². The van der Waals surface area contributed by atoms with E-state index in [0.717, 1.165) is 23.1 Å². The number of rotatable bonds is 3. The first-order valence-corrected chi connectivity index (χ1v) is 7.18. The molecule has 0 aromatic carbocycles. The van der Waals surface area contributed by atoms with Crippen molar-refractivity contribution in [2.75, 3.05) is 25.1 Å². The molecule has 1 fully saturated rings. The Labute approximate surface area is 124 Å². The average Bonchev–Trinajstić information content (AvgIpc) is 2.49. The van der Waals surface area contributed by atoms with Crippen LogP contribution < -0.4 is 5.32 Å². The van der Waals surface area contributed by atoms with Crippen LogP contribution in [0.4, 0.5) is 5.69 Å². The van der Waals surface area contributed by atoms with Gasteiger partial charge in [0.1, 0.15) is 0 Å². The fourth-order valence-electron chi connectivity index (χ4n) is 2.34. The SMILES string of the molecule is CC1(CNc2ccnc3cnccc23)COC(C)(C)OC1. The molecule has 5 heteroatoms. The van der Waals surface area contributed by atoms with Gasteiger partial charge in [-0.1, -0.05) is 6.92 Å². The molecule has 0 bridgehead atoms. The second-order valence-corrected chi connectivity index (χ2v) is 6.39. The Balaban J connectivity index is 1.72. The third-order valence-electron chi connectivity index (χ3n) is 3.79. The van der Waals surface area contributed by atoms with Crippen molar-refractivity contribution >= 4 is 16.6 Å². The lowest BCUT2D eigenvalue weighted by atomic mass is 9.91. The van der Waals surface area contributed by atoms with Crippen LogP contribution in [0.1, 0.15) is 20.8 Å². The van der Waals surface area contributed by atoms with Crippen LogP contribution in [-0.2, 0) is 9.47 Å². The summed E-state index contributed by atoms with van der Waals surface area (Å²) in [6.07, 6.45) is 5.36. The fourth-order valence-corrected chi connectivity index (χ4v) is 2.34. The van der Waals surface area contributed by atoms with E-state index in [9.17, 15) is 0 Å². The lowest BCUT2D eigenvalue weighted by Gasteiger charge is -2.41. The molecule has 0 saturated carbocycles. The van der Waals surface area contributed by atoms with Crippen LogP contribution >= 0.6 is 0 Å². The van der Waals surface area contributed by atoms with Gasteiger partial charge in [-0.15, -0.1) is 0 Å². The molecule has 112 valence electrons. The number of hydrogen-bond acceptors (Lipinski definition) is 5. The van der Waals surface area contributed by atoms with Crippen molar-refractivity contribution in [3.8, 4) is 0 Å². The second kappa shape index (κ2) is 5.24. The third kappa shape index (κ3) is 3.14. The molecule has 1 saturated heterocycles. The molecule has 1 N–H and O–H groups in total. The number of pyridine rings is 2. The Bertz CT molecular complexity index is 627. The number of nitrogens with zero attached hydrogens (tertiary/aromatic N) is 2. The van der Waals surface area contributed by atoms with Crippen molar-refractivity contribution in [1.29, 1.82) is 0 Å². The van der Waals surface area contributed by atoms with Crippen molar-refractivity contribution in [1.82, 2.24) is 9.97 Å². The van der Waals surface area contributed by atoms with Crippen LogP contribution in [0.5, 0.6) is 0 Å². The summed E-state index contributed by atoms with van der Waals surface area (Å²) >= 11 is 0. The predicted octanol–water partition coefficient (Wildman–Crippen LogP) is 2.83. The molecule has 1 aliphatic heterocycles. The molecule has 0 aliphatic carbocycles. The molecule has 3 heterocycles. The Morgan fingerprint density at radius 1 is 1.14 bits per heavy atom. The number of aromatic nitrogens is 2. The zero-order valence-corrected chi connectivity index (χ0v) is 12.7.